The van der Waals surface area contributed by atoms with Crippen molar-refractivity contribution in [2.45, 2.75) is 6.92 Å². The minimum Gasteiger partial charge on any atom is -0.335 e. The third-order valence-corrected chi connectivity index (χ3v) is 4.15. The highest BCUT2D eigenvalue weighted by Gasteiger charge is 2.22. The first-order valence-corrected chi connectivity index (χ1v) is 8.26. The SMILES string of the molecule is Cc1ccc(C(=O)N2CCN(C/C=C/c3ccccc3)CC2)nn1. The fourth-order valence-electron chi connectivity index (χ4n) is 2.71. The van der Waals surface area contributed by atoms with Crippen molar-refractivity contribution in [1.29, 1.82) is 0 Å². The van der Waals surface area contributed by atoms with Gasteiger partial charge in [-0.15, -0.1) is 5.10 Å². The number of piperazine rings is 1. The van der Waals surface area contributed by atoms with Crippen LogP contribution in [0.3, 0.4) is 0 Å². The number of nitrogens with zero attached hydrogens (tertiary/aromatic N) is 4. The molecule has 0 radical (unpaired) electrons. The highest BCUT2D eigenvalue weighted by molar-refractivity contribution is 5.92. The molecule has 1 aliphatic heterocycles. The molecule has 1 aromatic heterocycles. The molecule has 3 rings (SSSR count). The fraction of sp³-hybridized carbons (Fsp3) is 0.316. The molecule has 1 aromatic carbocycles. The van der Waals surface area contributed by atoms with E-state index in [0.29, 0.717) is 5.69 Å². The zero-order valence-electron chi connectivity index (χ0n) is 13.9. The smallest absolute Gasteiger partial charge is 0.274 e. The lowest BCUT2D eigenvalue weighted by Crippen LogP contribution is -2.48. The molecular weight excluding hydrogens is 300 g/mol. The Morgan fingerprint density at radius 2 is 1.79 bits per heavy atom. The molecule has 2 heterocycles. The van der Waals surface area contributed by atoms with Crippen LogP contribution in [0.1, 0.15) is 21.7 Å². The van der Waals surface area contributed by atoms with Gasteiger partial charge in [0.15, 0.2) is 5.69 Å². The van der Waals surface area contributed by atoms with Gasteiger partial charge in [-0.3, -0.25) is 9.69 Å². The van der Waals surface area contributed by atoms with Gasteiger partial charge in [-0.2, -0.15) is 5.10 Å². The first kappa shape index (κ1) is 16.3. The molecule has 1 saturated heterocycles. The topological polar surface area (TPSA) is 49.3 Å². The highest BCUT2D eigenvalue weighted by atomic mass is 16.2. The molecule has 5 nitrogen and oxygen atoms in total. The molecular formula is C19H22N4O. The summed E-state index contributed by atoms with van der Waals surface area (Å²) in [4.78, 5) is 16.6. The monoisotopic (exact) mass is 322 g/mol. The van der Waals surface area contributed by atoms with E-state index in [2.05, 4.69) is 39.4 Å². The van der Waals surface area contributed by atoms with Crippen LogP contribution in [0.25, 0.3) is 6.08 Å². The normalized spacial score (nSPS) is 15.8. The Morgan fingerprint density at radius 3 is 2.46 bits per heavy atom. The van der Waals surface area contributed by atoms with Gasteiger partial charge in [-0.05, 0) is 24.6 Å². The average Bonchev–Trinajstić information content (AvgIpc) is 2.63. The summed E-state index contributed by atoms with van der Waals surface area (Å²) in [5, 5.41) is 7.95. The molecule has 24 heavy (non-hydrogen) atoms. The molecule has 5 heteroatoms. The lowest BCUT2D eigenvalue weighted by atomic mass is 10.2. The van der Waals surface area contributed by atoms with Crippen molar-refractivity contribution < 1.29 is 4.79 Å². The summed E-state index contributed by atoms with van der Waals surface area (Å²) in [6, 6.07) is 13.9. The van der Waals surface area contributed by atoms with Gasteiger partial charge in [-0.1, -0.05) is 42.5 Å². The molecule has 0 bridgehead atoms. The van der Waals surface area contributed by atoms with Crippen LogP contribution in [0.2, 0.25) is 0 Å². The molecule has 0 N–H and O–H groups in total. The Hall–Kier alpha value is -2.53. The number of carbonyl (C=O) groups is 1. The van der Waals surface area contributed by atoms with E-state index < -0.39 is 0 Å². The summed E-state index contributed by atoms with van der Waals surface area (Å²) in [5.41, 5.74) is 2.46. The van der Waals surface area contributed by atoms with Crippen LogP contribution >= 0.6 is 0 Å². The van der Waals surface area contributed by atoms with Crippen LogP contribution in [-0.4, -0.2) is 58.6 Å². The van der Waals surface area contributed by atoms with Crippen LogP contribution in [-0.2, 0) is 0 Å². The van der Waals surface area contributed by atoms with E-state index in [1.807, 2.05) is 36.1 Å². The molecule has 2 aromatic rings. The van der Waals surface area contributed by atoms with Crippen molar-refractivity contribution in [2.24, 2.45) is 0 Å². The minimum atomic E-state index is -0.0259. The van der Waals surface area contributed by atoms with E-state index in [1.54, 1.807) is 6.07 Å². The predicted molar refractivity (Wildman–Crippen MR) is 94.6 cm³/mol. The number of rotatable bonds is 4. The number of aromatic nitrogens is 2. The second-order valence-corrected chi connectivity index (χ2v) is 5.97. The van der Waals surface area contributed by atoms with Gasteiger partial charge in [0.25, 0.3) is 5.91 Å². The van der Waals surface area contributed by atoms with Crippen molar-refractivity contribution in [3.63, 3.8) is 0 Å². The highest BCUT2D eigenvalue weighted by Crippen LogP contribution is 2.08. The van der Waals surface area contributed by atoms with Crippen molar-refractivity contribution in [3.05, 3.63) is 65.5 Å². The van der Waals surface area contributed by atoms with Crippen LogP contribution in [0.15, 0.2) is 48.5 Å². The number of hydrogen-bond donors (Lipinski definition) is 0. The third kappa shape index (κ3) is 4.26. The Kier molecular flexibility index (Phi) is 5.33. The fourth-order valence-corrected chi connectivity index (χ4v) is 2.71. The molecule has 0 saturated carbocycles. The van der Waals surface area contributed by atoms with Crippen molar-refractivity contribution >= 4 is 12.0 Å². The maximum Gasteiger partial charge on any atom is 0.274 e. The number of aryl methyl sites for hydroxylation is 1. The summed E-state index contributed by atoms with van der Waals surface area (Å²) in [6.07, 6.45) is 4.32. The van der Waals surface area contributed by atoms with E-state index in [9.17, 15) is 4.79 Å². The molecule has 0 unspecified atom stereocenters. The summed E-state index contributed by atoms with van der Waals surface area (Å²) in [6.45, 7) is 5.99. The van der Waals surface area contributed by atoms with Crippen molar-refractivity contribution in [1.82, 2.24) is 20.0 Å². The van der Waals surface area contributed by atoms with Gasteiger partial charge in [0.05, 0.1) is 5.69 Å². The van der Waals surface area contributed by atoms with Gasteiger partial charge in [-0.25, -0.2) is 0 Å². The van der Waals surface area contributed by atoms with Crippen molar-refractivity contribution in [2.75, 3.05) is 32.7 Å². The maximum absolute atomic E-state index is 12.4. The molecule has 0 spiro atoms. The summed E-state index contributed by atoms with van der Waals surface area (Å²) >= 11 is 0. The zero-order valence-corrected chi connectivity index (χ0v) is 13.9. The van der Waals surface area contributed by atoms with Gasteiger partial charge >= 0.3 is 0 Å². The Labute approximate surface area is 142 Å². The van der Waals surface area contributed by atoms with Gasteiger partial charge in [0.1, 0.15) is 0 Å². The molecule has 0 atom stereocenters. The Balaban J connectivity index is 1.48. The standard InChI is InChI=1S/C19H22N4O/c1-16-9-10-18(21-20-16)19(24)23-14-12-22(13-15-23)11-5-8-17-6-3-2-4-7-17/h2-10H,11-15H2,1H3/b8-5+. The quantitative estimate of drug-likeness (QED) is 0.866. The molecule has 1 aliphatic rings. The van der Waals surface area contributed by atoms with Crippen LogP contribution in [0, 0.1) is 6.92 Å². The second kappa shape index (κ2) is 7.84. The first-order chi connectivity index (χ1) is 11.7. The van der Waals surface area contributed by atoms with Gasteiger partial charge in [0.2, 0.25) is 0 Å². The predicted octanol–water partition coefficient (Wildman–Crippen LogP) is 2.26. The number of benzene rings is 1. The lowest BCUT2D eigenvalue weighted by molar-refractivity contribution is 0.0643. The Bertz CT molecular complexity index is 689. The van der Waals surface area contributed by atoms with Gasteiger partial charge in [0, 0.05) is 32.7 Å². The average molecular weight is 322 g/mol. The molecule has 1 amide bonds. The lowest BCUT2D eigenvalue weighted by Gasteiger charge is -2.33. The Morgan fingerprint density at radius 1 is 1.04 bits per heavy atom. The second-order valence-electron chi connectivity index (χ2n) is 5.97. The number of amides is 1. The van der Waals surface area contributed by atoms with E-state index >= 15 is 0 Å². The molecule has 1 fully saturated rings. The van der Waals surface area contributed by atoms with Crippen LogP contribution in [0.5, 0.6) is 0 Å². The van der Waals surface area contributed by atoms with E-state index in [0.717, 1.165) is 38.4 Å². The molecule has 0 aliphatic carbocycles. The van der Waals surface area contributed by atoms with Crippen LogP contribution in [0.4, 0.5) is 0 Å². The maximum atomic E-state index is 12.4. The van der Waals surface area contributed by atoms with Gasteiger partial charge < -0.3 is 4.90 Å². The number of hydrogen-bond acceptors (Lipinski definition) is 4. The molecule has 124 valence electrons. The summed E-state index contributed by atoms with van der Waals surface area (Å²) in [5.74, 6) is -0.0259. The van der Waals surface area contributed by atoms with E-state index in [-0.39, 0.29) is 5.91 Å². The van der Waals surface area contributed by atoms with E-state index in [1.165, 1.54) is 5.56 Å². The third-order valence-electron chi connectivity index (χ3n) is 4.15. The first-order valence-electron chi connectivity index (χ1n) is 8.26. The summed E-state index contributed by atoms with van der Waals surface area (Å²) in [7, 11) is 0. The zero-order chi connectivity index (χ0) is 16.8. The van der Waals surface area contributed by atoms with Crippen molar-refractivity contribution in [3.8, 4) is 0 Å². The largest absolute Gasteiger partial charge is 0.335 e. The minimum absolute atomic E-state index is 0.0259. The summed E-state index contributed by atoms with van der Waals surface area (Å²) < 4.78 is 0. The number of carbonyl (C=O) groups excluding carboxylic acids is 1. The van der Waals surface area contributed by atoms with Crippen LogP contribution < -0.4 is 0 Å². The van der Waals surface area contributed by atoms with E-state index in [4.69, 9.17) is 0 Å².